The summed E-state index contributed by atoms with van der Waals surface area (Å²) in [6.07, 6.45) is 1.08. The first kappa shape index (κ1) is 12.8. The zero-order chi connectivity index (χ0) is 12.4. The van der Waals surface area contributed by atoms with E-state index in [2.05, 4.69) is 12.2 Å². The van der Waals surface area contributed by atoms with Crippen LogP contribution in [-0.2, 0) is 14.3 Å². The fourth-order valence-electron chi connectivity index (χ4n) is 2.74. The van der Waals surface area contributed by atoms with E-state index in [9.17, 15) is 4.79 Å². The van der Waals surface area contributed by atoms with Crippen molar-refractivity contribution < 1.29 is 14.3 Å². The maximum Gasteiger partial charge on any atom is 0.240 e. The van der Waals surface area contributed by atoms with Crippen molar-refractivity contribution in [3.8, 4) is 0 Å². The van der Waals surface area contributed by atoms with Crippen LogP contribution in [0.5, 0.6) is 0 Å². The quantitative estimate of drug-likeness (QED) is 0.748. The van der Waals surface area contributed by atoms with Gasteiger partial charge in [-0.05, 0) is 18.9 Å². The summed E-state index contributed by atoms with van der Waals surface area (Å²) in [7, 11) is 3.34. The molecule has 4 atom stereocenters. The highest BCUT2D eigenvalue weighted by molar-refractivity contribution is 5.83. The van der Waals surface area contributed by atoms with Crippen molar-refractivity contribution in [2.75, 3.05) is 33.9 Å². The molecule has 5 heteroatoms. The van der Waals surface area contributed by atoms with Crippen molar-refractivity contribution in [3.05, 3.63) is 0 Å². The van der Waals surface area contributed by atoms with Crippen LogP contribution in [0, 0.1) is 5.92 Å². The highest BCUT2D eigenvalue weighted by atomic mass is 16.5. The average Bonchev–Trinajstić information content (AvgIpc) is 2.93. The number of hydrogen-bond acceptors (Lipinski definition) is 4. The second-order valence-electron chi connectivity index (χ2n) is 4.99. The maximum absolute atomic E-state index is 12.3. The van der Waals surface area contributed by atoms with Crippen LogP contribution in [0.2, 0.25) is 0 Å². The largest absolute Gasteiger partial charge is 0.377 e. The van der Waals surface area contributed by atoms with E-state index in [4.69, 9.17) is 9.47 Å². The van der Waals surface area contributed by atoms with Gasteiger partial charge in [0.1, 0.15) is 12.2 Å². The molecule has 4 unspecified atom stereocenters. The first-order valence-electron chi connectivity index (χ1n) is 6.25. The third-order valence-electron chi connectivity index (χ3n) is 3.93. The van der Waals surface area contributed by atoms with E-state index in [0.29, 0.717) is 19.0 Å². The standard InChI is InChI=1S/C12H22N2O3/c1-8-4-5-13-11(8)12(15)14-6-9(16-2)10(7-14)17-3/h8-11,13H,4-7H2,1-3H3. The zero-order valence-corrected chi connectivity index (χ0v) is 10.8. The van der Waals surface area contributed by atoms with Crippen molar-refractivity contribution in [1.29, 1.82) is 0 Å². The molecule has 5 nitrogen and oxygen atoms in total. The summed E-state index contributed by atoms with van der Waals surface area (Å²) in [5.41, 5.74) is 0. The van der Waals surface area contributed by atoms with Gasteiger partial charge in [-0.3, -0.25) is 4.79 Å². The van der Waals surface area contributed by atoms with Crippen LogP contribution in [0.1, 0.15) is 13.3 Å². The molecule has 1 amide bonds. The van der Waals surface area contributed by atoms with E-state index >= 15 is 0 Å². The molecule has 98 valence electrons. The molecule has 1 N–H and O–H groups in total. The third kappa shape index (κ3) is 2.46. The van der Waals surface area contributed by atoms with Crippen LogP contribution >= 0.6 is 0 Å². The van der Waals surface area contributed by atoms with Crippen molar-refractivity contribution >= 4 is 5.91 Å². The minimum absolute atomic E-state index is 0.000610. The molecule has 2 aliphatic rings. The Labute approximate surface area is 102 Å². The number of methoxy groups -OCH3 is 2. The number of nitrogens with one attached hydrogen (secondary N) is 1. The lowest BCUT2D eigenvalue weighted by atomic mass is 10.0. The van der Waals surface area contributed by atoms with Gasteiger partial charge in [-0.2, -0.15) is 0 Å². The smallest absolute Gasteiger partial charge is 0.240 e. The van der Waals surface area contributed by atoms with Crippen LogP contribution in [0.4, 0.5) is 0 Å². The van der Waals surface area contributed by atoms with E-state index in [1.807, 2.05) is 4.90 Å². The van der Waals surface area contributed by atoms with E-state index in [1.54, 1.807) is 14.2 Å². The molecule has 0 aromatic heterocycles. The minimum Gasteiger partial charge on any atom is -0.377 e. The second-order valence-corrected chi connectivity index (χ2v) is 4.99. The fourth-order valence-corrected chi connectivity index (χ4v) is 2.74. The van der Waals surface area contributed by atoms with Crippen LogP contribution < -0.4 is 5.32 Å². The molecule has 0 spiro atoms. The lowest BCUT2D eigenvalue weighted by Gasteiger charge is -2.22. The van der Waals surface area contributed by atoms with E-state index in [0.717, 1.165) is 13.0 Å². The Morgan fingerprint density at radius 3 is 2.24 bits per heavy atom. The van der Waals surface area contributed by atoms with Gasteiger partial charge in [0.15, 0.2) is 0 Å². The number of likely N-dealkylation sites (tertiary alicyclic amines) is 1. The summed E-state index contributed by atoms with van der Waals surface area (Å²) in [6.45, 7) is 4.34. The van der Waals surface area contributed by atoms with Gasteiger partial charge in [-0.15, -0.1) is 0 Å². The topological polar surface area (TPSA) is 50.8 Å². The second kappa shape index (κ2) is 5.33. The van der Waals surface area contributed by atoms with Crippen molar-refractivity contribution in [2.45, 2.75) is 31.6 Å². The van der Waals surface area contributed by atoms with Crippen LogP contribution in [0.15, 0.2) is 0 Å². The monoisotopic (exact) mass is 242 g/mol. The Morgan fingerprint density at radius 2 is 1.82 bits per heavy atom. The normalized spacial score (nSPS) is 37.7. The highest BCUT2D eigenvalue weighted by Crippen LogP contribution is 2.21. The summed E-state index contributed by atoms with van der Waals surface area (Å²) >= 11 is 0. The SMILES string of the molecule is COC1CN(C(=O)C2NCCC2C)CC1OC. The third-order valence-corrected chi connectivity index (χ3v) is 3.93. The van der Waals surface area contributed by atoms with Crippen LogP contribution in [0.25, 0.3) is 0 Å². The van der Waals surface area contributed by atoms with Gasteiger partial charge >= 0.3 is 0 Å². The molecule has 0 saturated carbocycles. The Bertz CT molecular complexity index is 273. The Kier molecular flexibility index (Phi) is 4.01. The summed E-state index contributed by atoms with van der Waals surface area (Å²) < 4.78 is 10.7. The van der Waals surface area contributed by atoms with Crippen LogP contribution in [0.3, 0.4) is 0 Å². The Balaban J connectivity index is 1.97. The van der Waals surface area contributed by atoms with Gasteiger partial charge in [0.05, 0.1) is 6.04 Å². The number of hydrogen-bond donors (Lipinski definition) is 1. The number of carbonyl (C=O) groups excluding carboxylic acids is 1. The molecular weight excluding hydrogens is 220 g/mol. The van der Waals surface area contributed by atoms with Gasteiger partial charge in [-0.1, -0.05) is 6.92 Å². The maximum atomic E-state index is 12.3. The molecule has 2 fully saturated rings. The molecule has 17 heavy (non-hydrogen) atoms. The molecular formula is C12H22N2O3. The number of carbonyl (C=O) groups is 1. The molecule has 0 aromatic carbocycles. The molecule has 2 aliphatic heterocycles. The van der Waals surface area contributed by atoms with E-state index in [1.165, 1.54) is 0 Å². The predicted octanol–water partition coefficient (Wildman–Crippen LogP) is -0.143. The van der Waals surface area contributed by atoms with Crippen molar-refractivity contribution in [3.63, 3.8) is 0 Å². The summed E-state index contributed by atoms with van der Waals surface area (Å²) in [6, 6.07) is -0.0249. The molecule has 2 heterocycles. The summed E-state index contributed by atoms with van der Waals surface area (Å²) in [5, 5.41) is 3.28. The molecule has 0 radical (unpaired) electrons. The number of nitrogens with zero attached hydrogens (tertiary/aromatic N) is 1. The first-order chi connectivity index (χ1) is 8.17. The van der Waals surface area contributed by atoms with Gasteiger partial charge in [0, 0.05) is 27.3 Å². The number of amides is 1. The summed E-state index contributed by atoms with van der Waals surface area (Å²) in [5.74, 6) is 0.613. The van der Waals surface area contributed by atoms with Gasteiger partial charge < -0.3 is 19.7 Å². The lowest BCUT2D eigenvalue weighted by molar-refractivity contribution is -0.133. The van der Waals surface area contributed by atoms with Crippen molar-refractivity contribution in [2.24, 2.45) is 5.92 Å². The predicted molar refractivity (Wildman–Crippen MR) is 63.7 cm³/mol. The van der Waals surface area contributed by atoms with Crippen LogP contribution in [-0.4, -0.2) is 62.9 Å². The molecule has 0 aliphatic carbocycles. The van der Waals surface area contributed by atoms with Gasteiger partial charge in [0.25, 0.3) is 0 Å². The number of rotatable bonds is 3. The van der Waals surface area contributed by atoms with Gasteiger partial charge in [0.2, 0.25) is 5.91 Å². The summed E-state index contributed by atoms with van der Waals surface area (Å²) in [4.78, 5) is 14.2. The molecule has 0 bridgehead atoms. The number of ether oxygens (including phenoxy) is 2. The first-order valence-corrected chi connectivity index (χ1v) is 6.25. The molecule has 2 saturated heterocycles. The van der Waals surface area contributed by atoms with E-state index in [-0.39, 0.29) is 24.2 Å². The zero-order valence-electron chi connectivity index (χ0n) is 10.8. The minimum atomic E-state index is -0.0249. The molecule has 2 rings (SSSR count). The van der Waals surface area contributed by atoms with Gasteiger partial charge in [-0.25, -0.2) is 0 Å². The van der Waals surface area contributed by atoms with Crippen molar-refractivity contribution in [1.82, 2.24) is 10.2 Å². The average molecular weight is 242 g/mol. The lowest BCUT2D eigenvalue weighted by Crippen LogP contribution is -2.45. The fraction of sp³-hybridized carbons (Fsp3) is 0.917. The van der Waals surface area contributed by atoms with E-state index < -0.39 is 0 Å². The Hall–Kier alpha value is -0.650. The molecule has 0 aromatic rings. The Morgan fingerprint density at radius 1 is 1.24 bits per heavy atom. The highest BCUT2D eigenvalue weighted by Gasteiger charge is 2.40.